The minimum absolute atomic E-state index is 0.131. The molecule has 0 aliphatic carbocycles. The van der Waals surface area contributed by atoms with E-state index in [4.69, 9.17) is 4.74 Å². The summed E-state index contributed by atoms with van der Waals surface area (Å²) in [6.07, 6.45) is 3.06. The molecule has 5 rings (SSSR count). The number of hydrogen-bond donors (Lipinski definition) is 0. The molecule has 2 aromatic carbocycles. The molecule has 0 N–H and O–H groups in total. The van der Waals surface area contributed by atoms with Crippen LogP contribution >= 0.6 is 0 Å². The third kappa shape index (κ3) is 2.82. The number of ether oxygens (including phenoxy) is 1. The first-order valence-corrected chi connectivity index (χ1v) is 10.4. The molecule has 2 saturated heterocycles. The lowest BCUT2D eigenvalue weighted by atomic mass is 9.86. The van der Waals surface area contributed by atoms with Crippen LogP contribution in [-0.2, 0) is 11.2 Å². The number of imide groups is 1. The van der Waals surface area contributed by atoms with Crippen LogP contribution in [0.5, 0.6) is 5.75 Å². The molecule has 3 heterocycles. The van der Waals surface area contributed by atoms with Gasteiger partial charge in [0.25, 0.3) is 11.8 Å². The molecule has 0 unspecified atom stereocenters. The summed E-state index contributed by atoms with van der Waals surface area (Å²) in [7, 11) is 1.63. The molecule has 3 aliphatic heterocycles. The van der Waals surface area contributed by atoms with Gasteiger partial charge in [-0.15, -0.1) is 0 Å². The molecule has 3 aliphatic rings. The van der Waals surface area contributed by atoms with Crippen molar-refractivity contribution >= 4 is 17.7 Å². The summed E-state index contributed by atoms with van der Waals surface area (Å²) in [5.41, 5.74) is 1.57. The fraction of sp³-hybridized carbons (Fsp3) is 0.375. The molecule has 2 fully saturated rings. The normalized spacial score (nSPS) is 25.1. The van der Waals surface area contributed by atoms with Crippen LogP contribution in [0.4, 0.5) is 0 Å². The van der Waals surface area contributed by atoms with Gasteiger partial charge in [-0.3, -0.25) is 19.3 Å². The average Bonchev–Trinajstić information content (AvgIpc) is 3.36. The maximum atomic E-state index is 13.2. The Morgan fingerprint density at radius 1 is 1.00 bits per heavy atom. The molecule has 3 amide bonds. The Hall–Kier alpha value is -3.15. The van der Waals surface area contributed by atoms with Crippen LogP contribution in [-0.4, -0.2) is 53.3 Å². The Morgan fingerprint density at radius 2 is 1.67 bits per heavy atom. The van der Waals surface area contributed by atoms with Crippen LogP contribution in [0.15, 0.2) is 48.5 Å². The van der Waals surface area contributed by atoms with E-state index >= 15 is 0 Å². The Kier molecular flexibility index (Phi) is 4.38. The van der Waals surface area contributed by atoms with E-state index in [1.54, 1.807) is 31.4 Å². The van der Waals surface area contributed by atoms with Crippen LogP contribution in [0.1, 0.15) is 45.5 Å². The van der Waals surface area contributed by atoms with Crippen LogP contribution in [0, 0.1) is 5.92 Å². The van der Waals surface area contributed by atoms with Crippen LogP contribution < -0.4 is 4.74 Å². The van der Waals surface area contributed by atoms with E-state index in [1.165, 1.54) is 4.90 Å². The van der Waals surface area contributed by atoms with Gasteiger partial charge < -0.3 is 9.64 Å². The molecule has 154 valence electrons. The first-order chi connectivity index (χ1) is 14.5. The van der Waals surface area contributed by atoms with Crippen molar-refractivity contribution in [2.75, 3.05) is 20.2 Å². The van der Waals surface area contributed by atoms with Crippen molar-refractivity contribution in [2.24, 2.45) is 5.92 Å². The monoisotopic (exact) mass is 404 g/mol. The van der Waals surface area contributed by atoms with E-state index in [9.17, 15) is 14.4 Å². The van der Waals surface area contributed by atoms with Crippen molar-refractivity contribution in [3.05, 3.63) is 65.2 Å². The van der Waals surface area contributed by atoms with E-state index in [2.05, 4.69) is 0 Å². The summed E-state index contributed by atoms with van der Waals surface area (Å²) >= 11 is 0. The molecular weight excluding hydrogens is 380 g/mol. The summed E-state index contributed by atoms with van der Waals surface area (Å²) in [4.78, 5) is 42.2. The highest BCUT2D eigenvalue weighted by Gasteiger charge is 2.55. The minimum Gasteiger partial charge on any atom is -0.497 e. The van der Waals surface area contributed by atoms with Crippen molar-refractivity contribution in [3.8, 4) is 5.75 Å². The Bertz CT molecular complexity index is 997. The number of amides is 3. The fourth-order valence-corrected chi connectivity index (χ4v) is 5.37. The SMILES string of the molecule is COc1ccc(C[C@H]2C[C@]3(CN4C(=O)c5ccccc5C4=O)CCCN3C2=O)cc1. The quantitative estimate of drug-likeness (QED) is 0.719. The number of fused-ring (bicyclic) bond motifs is 2. The molecule has 0 saturated carbocycles. The maximum Gasteiger partial charge on any atom is 0.261 e. The van der Waals surface area contributed by atoms with Gasteiger partial charge in [-0.1, -0.05) is 24.3 Å². The van der Waals surface area contributed by atoms with Crippen molar-refractivity contribution < 1.29 is 19.1 Å². The van der Waals surface area contributed by atoms with Gasteiger partial charge in [0.05, 0.1) is 30.3 Å². The Labute approximate surface area is 175 Å². The van der Waals surface area contributed by atoms with Gasteiger partial charge in [-0.05, 0) is 55.5 Å². The smallest absolute Gasteiger partial charge is 0.261 e. The summed E-state index contributed by atoms with van der Waals surface area (Å²) in [6.45, 7) is 0.977. The van der Waals surface area contributed by atoms with Gasteiger partial charge in [0.15, 0.2) is 0 Å². The van der Waals surface area contributed by atoms with E-state index in [0.717, 1.165) is 24.2 Å². The topological polar surface area (TPSA) is 66.9 Å². The fourth-order valence-electron chi connectivity index (χ4n) is 5.37. The third-order valence-corrected chi connectivity index (χ3v) is 6.81. The van der Waals surface area contributed by atoms with Crippen LogP contribution in [0.3, 0.4) is 0 Å². The van der Waals surface area contributed by atoms with Crippen molar-refractivity contribution in [3.63, 3.8) is 0 Å². The molecule has 0 bridgehead atoms. The first-order valence-electron chi connectivity index (χ1n) is 10.4. The summed E-state index contributed by atoms with van der Waals surface area (Å²) in [6, 6.07) is 14.8. The molecule has 0 aromatic heterocycles. The van der Waals surface area contributed by atoms with Gasteiger partial charge in [0.1, 0.15) is 5.75 Å². The third-order valence-electron chi connectivity index (χ3n) is 6.81. The zero-order valence-electron chi connectivity index (χ0n) is 17.0. The number of benzene rings is 2. The zero-order chi connectivity index (χ0) is 20.9. The highest BCUT2D eigenvalue weighted by Crippen LogP contribution is 2.45. The van der Waals surface area contributed by atoms with Crippen LogP contribution in [0.2, 0.25) is 0 Å². The van der Waals surface area contributed by atoms with Crippen molar-refractivity contribution in [2.45, 2.75) is 31.2 Å². The molecular formula is C24H24N2O4. The first kappa shape index (κ1) is 18.9. The number of carbonyl (C=O) groups is 3. The molecule has 2 aromatic rings. The van der Waals surface area contributed by atoms with Crippen LogP contribution in [0.25, 0.3) is 0 Å². The lowest BCUT2D eigenvalue weighted by molar-refractivity contribution is -0.132. The summed E-state index contributed by atoms with van der Waals surface area (Å²) in [5, 5.41) is 0. The van der Waals surface area contributed by atoms with Crippen molar-refractivity contribution in [1.29, 1.82) is 0 Å². The average molecular weight is 404 g/mol. The number of rotatable bonds is 5. The maximum absolute atomic E-state index is 13.2. The molecule has 0 spiro atoms. The highest BCUT2D eigenvalue weighted by molar-refractivity contribution is 6.21. The Morgan fingerprint density at radius 3 is 2.30 bits per heavy atom. The van der Waals surface area contributed by atoms with E-state index < -0.39 is 5.54 Å². The second-order valence-corrected chi connectivity index (χ2v) is 8.51. The number of nitrogens with zero attached hydrogens (tertiary/aromatic N) is 2. The lowest BCUT2D eigenvalue weighted by Gasteiger charge is -2.35. The lowest BCUT2D eigenvalue weighted by Crippen LogP contribution is -2.51. The molecule has 2 atom stereocenters. The second kappa shape index (κ2) is 6.97. The van der Waals surface area contributed by atoms with Gasteiger partial charge in [0, 0.05) is 12.5 Å². The summed E-state index contributed by atoms with van der Waals surface area (Å²) < 4.78 is 5.21. The predicted octanol–water partition coefficient (Wildman–Crippen LogP) is 2.92. The zero-order valence-corrected chi connectivity index (χ0v) is 17.0. The van der Waals surface area contributed by atoms with Gasteiger partial charge in [0.2, 0.25) is 5.91 Å². The number of hydrogen-bond acceptors (Lipinski definition) is 4. The standard InChI is InChI=1S/C24H24N2O4/c1-30-18-9-7-16(8-10-18)13-17-14-24(11-4-12-26(24)21(17)27)15-25-22(28)19-5-2-3-6-20(19)23(25)29/h2-3,5-10,17H,4,11-15H2,1H3/t17-,24-/m0/s1. The van der Waals surface area contributed by atoms with Crippen molar-refractivity contribution in [1.82, 2.24) is 9.80 Å². The molecule has 6 nitrogen and oxygen atoms in total. The highest BCUT2D eigenvalue weighted by atomic mass is 16.5. The van der Waals surface area contributed by atoms with E-state index in [0.29, 0.717) is 30.5 Å². The van der Waals surface area contributed by atoms with Gasteiger partial charge in [-0.25, -0.2) is 0 Å². The van der Waals surface area contributed by atoms with E-state index in [1.807, 2.05) is 29.2 Å². The van der Waals surface area contributed by atoms with Gasteiger partial charge >= 0.3 is 0 Å². The molecule has 0 radical (unpaired) electrons. The second-order valence-electron chi connectivity index (χ2n) is 8.51. The van der Waals surface area contributed by atoms with Gasteiger partial charge in [-0.2, -0.15) is 0 Å². The summed E-state index contributed by atoms with van der Waals surface area (Å²) in [5.74, 6) is 0.304. The molecule has 6 heteroatoms. The predicted molar refractivity (Wildman–Crippen MR) is 110 cm³/mol. The minimum atomic E-state index is -0.443. The number of carbonyl (C=O) groups excluding carboxylic acids is 3. The largest absolute Gasteiger partial charge is 0.497 e. The number of methoxy groups -OCH3 is 1. The molecule has 30 heavy (non-hydrogen) atoms. The Balaban J connectivity index is 1.37. The van der Waals surface area contributed by atoms with E-state index in [-0.39, 0.29) is 30.2 Å².